The summed E-state index contributed by atoms with van der Waals surface area (Å²) in [7, 11) is 0. The number of benzene rings is 1. The lowest BCUT2D eigenvalue weighted by molar-refractivity contribution is -0.126. The average Bonchev–Trinajstić information content (AvgIpc) is 2.48. The van der Waals surface area contributed by atoms with Crippen LogP contribution in [0.1, 0.15) is 26.2 Å². The summed E-state index contributed by atoms with van der Waals surface area (Å²) in [4.78, 5) is 34.6. The van der Waals surface area contributed by atoms with Crippen LogP contribution in [0.3, 0.4) is 0 Å². The number of nitrogens with one attached hydrogen (secondary N) is 3. The number of carbonyl (C=O) groups is 3. The Balaban J connectivity index is 1.96. The Hall–Kier alpha value is -2.37. The Morgan fingerprint density at radius 1 is 1.29 bits per heavy atom. The molecule has 1 atom stereocenters. The van der Waals surface area contributed by atoms with Gasteiger partial charge >= 0.3 is 0 Å². The number of piperidine rings is 1. The first-order chi connectivity index (χ1) is 10.1. The maximum Gasteiger partial charge on any atom is 0.229 e. The van der Waals surface area contributed by atoms with Crippen molar-refractivity contribution in [3.05, 3.63) is 24.3 Å². The first-order valence-electron chi connectivity index (χ1n) is 7.06. The molecule has 3 amide bonds. The number of hydrogen-bond acceptors (Lipinski definition) is 3. The normalized spacial score (nSPS) is 17.8. The molecule has 0 saturated carbocycles. The summed E-state index contributed by atoms with van der Waals surface area (Å²) in [6, 6.07) is 7.02. The second kappa shape index (κ2) is 6.88. The molecular formula is C15H19N3O3. The van der Waals surface area contributed by atoms with Gasteiger partial charge in [-0.2, -0.15) is 0 Å². The van der Waals surface area contributed by atoms with Crippen LogP contribution in [0.2, 0.25) is 0 Å². The minimum Gasteiger partial charge on any atom is -0.355 e. The van der Waals surface area contributed by atoms with E-state index >= 15 is 0 Å². The SMILES string of the molecule is CCC(=O)Nc1cccc(NC(=O)C2CCC(=O)NC2)c1. The molecule has 1 heterocycles. The molecule has 1 aromatic rings. The van der Waals surface area contributed by atoms with E-state index in [4.69, 9.17) is 0 Å². The van der Waals surface area contributed by atoms with Crippen LogP contribution in [0.25, 0.3) is 0 Å². The zero-order valence-corrected chi connectivity index (χ0v) is 11.9. The van der Waals surface area contributed by atoms with E-state index < -0.39 is 0 Å². The lowest BCUT2D eigenvalue weighted by Crippen LogP contribution is -2.40. The van der Waals surface area contributed by atoms with Gasteiger partial charge in [0.25, 0.3) is 0 Å². The fourth-order valence-electron chi connectivity index (χ4n) is 2.13. The van der Waals surface area contributed by atoms with Crippen molar-refractivity contribution in [2.45, 2.75) is 26.2 Å². The summed E-state index contributed by atoms with van der Waals surface area (Å²) in [5.74, 6) is -0.414. The number of anilines is 2. The standard InChI is InChI=1S/C15H19N3O3/c1-2-13(19)17-11-4-3-5-12(8-11)18-15(21)10-6-7-14(20)16-9-10/h3-5,8,10H,2,6-7,9H2,1H3,(H,16,20)(H,17,19)(H,18,21). The highest BCUT2D eigenvalue weighted by Crippen LogP contribution is 2.18. The van der Waals surface area contributed by atoms with Gasteiger partial charge in [0, 0.05) is 30.8 Å². The van der Waals surface area contributed by atoms with Crippen molar-refractivity contribution in [2.75, 3.05) is 17.2 Å². The third kappa shape index (κ3) is 4.30. The maximum atomic E-state index is 12.1. The highest BCUT2D eigenvalue weighted by molar-refractivity contribution is 5.95. The van der Waals surface area contributed by atoms with Crippen molar-refractivity contribution in [2.24, 2.45) is 5.92 Å². The van der Waals surface area contributed by atoms with E-state index in [0.717, 1.165) is 0 Å². The Bertz CT molecular complexity index is 547. The summed E-state index contributed by atoms with van der Waals surface area (Å²) in [6.45, 7) is 2.15. The van der Waals surface area contributed by atoms with Crippen molar-refractivity contribution in [1.82, 2.24) is 5.32 Å². The lowest BCUT2D eigenvalue weighted by atomic mass is 9.98. The van der Waals surface area contributed by atoms with Crippen molar-refractivity contribution in [3.8, 4) is 0 Å². The zero-order valence-electron chi connectivity index (χ0n) is 11.9. The lowest BCUT2D eigenvalue weighted by Gasteiger charge is -2.21. The first kappa shape index (κ1) is 15.0. The Morgan fingerprint density at radius 2 is 2.00 bits per heavy atom. The highest BCUT2D eigenvalue weighted by Gasteiger charge is 2.24. The van der Waals surface area contributed by atoms with Gasteiger partial charge in [0.1, 0.15) is 0 Å². The summed E-state index contributed by atoms with van der Waals surface area (Å²) in [5, 5.41) is 8.25. The molecule has 3 N–H and O–H groups in total. The molecule has 1 fully saturated rings. The summed E-state index contributed by atoms with van der Waals surface area (Å²) >= 11 is 0. The van der Waals surface area contributed by atoms with E-state index in [2.05, 4.69) is 16.0 Å². The van der Waals surface area contributed by atoms with Crippen LogP contribution in [0.5, 0.6) is 0 Å². The third-order valence-corrected chi connectivity index (χ3v) is 3.37. The average molecular weight is 289 g/mol. The minimum atomic E-state index is -0.211. The van der Waals surface area contributed by atoms with Gasteiger partial charge in [0.05, 0.1) is 5.92 Å². The Morgan fingerprint density at radius 3 is 2.62 bits per heavy atom. The van der Waals surface area contributed by atoms with Crippen LogP contribution in [-0.4, -0.2) is 24.3 Å². The largest absolute Gasteiger partial charge is 0.355 e. The van der Waals surface area contributed by atoms with E-state index in [0.29, 0.717) is 37.2 Å². The fraction of sp³-hybridized carbons (Fsp3) is 0.400. The molecule has 0 aromatic heterocycles. The van der Waals surface area contributed by atoms with E-state index in [1.165, 1.54) is 0 Å². The summed E-state index contributed by atoms with van der Waals surface area (Å²) < 4.78 is 0. The van der Waals surface area contributed by atoms with Crippen LogP contribution in [-0.2, 0) is 14.4 Å². The van der Waals surface area contributed by atoms with Gasteiger partial charge in [-0.1, -0.05) is 13.0 Å². The minimum absolute atomic E-state index is 0.0108. The van der Waals surface area contributed by atoms with Crippen LogP contribution >= 0.6 is 0 Å². The maximum absolute atomic E-state index is 12.1. The molecule has 1 aliphatic heterocycles. The quantitative estimate of drug-likeness (QED) is 0.785. The van der Waals surface area contributed by atoms with Gasteiger partial charge in [0.15, 0.2) is 0 Å². The van der Waals surface area contributed by atoms with Gasteiger partial charge in [-0.25, -0.2) is 0 Å². The first-order valence-corrected chi connectivity index (χ1v) is 7.06. The Labute approximate surface area is 123 Å². The number of hydrogen-bond donors (Lipinski definition) is 3. The number of carbonyl (C=O) groups excluding carboxylic acids is 3. The van der Waals surface area contributed by atoms with E-state index in [-0.39, 0.29) is 23.6 Å². The fourth-order valence-corrected chi connectivity index (χ4v) is 2.13. The second-order valence-electron chi connectivity index (χ2n) is 5.01. The molecule has 1 aliphatic rings. The van der Waals surface area contributed by atoms with Gasteiger partial charge in [-0.15, -0.1) is 0 Å². The van der Waals surface area contributed by atoms with Crippen LogP contribution in [0.4, 0.5) is 11.4 Å². The number of rotatable bonds is 4. The van der Waals surface area contributed by atoms with E-state index in [1.54, 1.807) is 31.2 Å². The van der Waals surface area contributed by atoms with Gasteiger partial charge in [0.2, 0.25) is 17.7 Å². The molecule has 0 bridgehead atoms. The summed E-state index contributed by atoms with van der Waals surface area (Å²) in [5.41, 5.74) is 1.28. The molecule has 6 nitrogen and oxygen atoms in total. The second-order valence-corrected chi connectivity index (χ2v) is 5.01. The predicted octanol–water partition coefficient (Wildman–Crippen LogP) is 1.50. The van der Waals surface area contributed by atoms with Crippen molar-refractivity contribution < 1.29 is 14.4 Å². The molecule has 0 spiro atoms. The van der Waals surface area contributed by atoms with Gasteiger partial charge in [-0.3, -0.25) is 14.4 Å². The molecule has 0 aliphatic carbocycles. The smallest absolute Gasteiger partial charge is 0.229 e. The third-order valence-electron chi connectivity index (χ3n) is 3.37. The van der Waals surface area contributed by atoms with Crippen LogP contribution in [0, 0.1) is 5.92 Å². The zero-order chi connectivity index (χ0) is 15.2. The predicted molar refractivity (Wildman–Crippen MR) is 79.7 cm³/mol. The van der Waals surface area contributed by atoms with Crippen molar-refractivity contribution >= 4 is 29.1 Å². The van der Waals surface area contributed by atoms with Crippen LogP contribution in [0.15, 0.2) is 24.3 Å². The molecule has 112 valence electrons. The topological polar surface area (TPSA) is 87.3 Å². The van der Waals surface area contributed by atoms with Crippen LogP contribution < -0.4 is 16.0 Å². The van der Waals surface area contributed by atoms with Crippen molar-refractivity contribution in [3.63, 3.8) is 0 Å². The molecule has 1 saturated heterocycles. The van der Waals surface area contributed by atoms with Gasteiger partial charge in [-0.05, 0) is 24.6 Å². The molecule has 1 aromatic carbocycles. The molecular weight excluding hydrogens is 270 g/mol. The molecule has 1 unspecified atom stereocenters. The Kier molecular flexibility index (Phi) is 4.92. The highest BCUT2D eigenvalue weighted by atomic mass is 16.2. The molecule has 21 heavy (non-hydrogen) atoms. The van der Waals surface area contributed by atoms with Crippen molar-refractivity contribution in [1.29, 1.82) is 0 Å². The van der Waals surface area contributed by atoms with E-state index in [1.807, 2.05) is 0 Å². The van der Waals surface area contributed by atoms with E-state index in [9.17, 15) is 14.4 Å². The van der Waals surface area contributed by atoms with Gasteiger partial charge < -0.3 is 16.0 Å². The summed E-state index contributed by atoms with van der Waals surface area (Å²) in [6.07, 6.45) is 1.34. The molecule has 0 radical (unpaired) electrons. The molecule has 2 rings (SSSR count). The monoisotopic (exact) mass is 289 g/mol. The molecule has 6 heteroatoms. The number of amides is 3.